The summed E-state index contributed by atoms with van der Waals surface area (Å²) in [5.41, 5.74) is 3.98. The third-order valence-electron chi connectivity index (χ3n) is 4.15. The predicted molar refractivity (Wildman–Crippen MR) is 102 cm³/mol. The number of nitrogens with zero attached hydrogens (tertiary/aromatic N) is 4. The largest absolute Gasteiger partial charge is 0.332 e. The van der Waals surface area contributed by atoms with Gasteiger partial charge in [0.05, 0.1) is 0 Å². The smallest absolute Gasteiger partial charge is 0.276 e. The van der Waals surface area contributed by atoms with Gasteiger partial charge in [-0.2, -0.15) is 4.98 Å². The summed E-state index contributed by atoms with van der Waals surface area (Å²) in [6, 6.07) is 5.61. The van der Waals surface area contributed by atoms with Gasteiger partial charge in [0.25, 0.3) is 5.89 Å². The zero-order valence-electron chi connectivity index (χ0n) is 14.2. The molecular weight excluding hydrogens is 324 g/mol. The number of allylic oxidation sites excluding steroid dienone is 9. The van der Waals surface area contributed by atoms with Crippen LogP contribution in [0.25, 0.3) is 17.2 Å². The van der Waals surface area contributed by atoms with Crippen molar-refractivity contribution in [3.63, 3.8) is 0 Å². The summed E-state index contributed by atoms with van der Waals surface area (Å²) in [6.07, 6.45) is 20.9. The highest BCUT2D eigenvalue weighted by Crippen LogP contribution is 2.25. The summed E-state index contributed by atoms with van der Waals surface area (Å²) in [5, 5.41) is 4.12. The van der Waals surface area contributed by atoms with Crippen LogP contribution >= 0.6 is 0 Å². The second-order valence-corrected chi connectivity index (χ2v) is 5.95. The first-order valence-corrected chi connectivity index (χ1v) is 8.62. The van der Waals surface area contributed by atoms with Crippen molar-refractivity contribution in [2.75, 3.05) is 0 Å². The lowest BCUT2D eigenvalue weighted by molar-refractivity contribution is 0.427. The molecule has 2 aromatic rings. The Morgan fingerprint density at radius 2 is 2.04 bits per heavy atom. The van der Waals surface area contributed by atoms with Gasteiger partial charge < -0.3 is 4.52 Å². The van der Waals surface area contributed by atoms with Gasteiger partial charge in [-0.15, -0.1) is 0 Å². The zero-order chi connectivity index (χ0) is 17.6. The summed E-state index contributed by atoms with van der Waals surface area (Å²) in [4.78, 5) is 13.1. The summed E-state index contributed by atoms with van der Waals surface area (Å²) in [6.45, 7) is 0. The fourth-order valence-corrected chi connectivity index (χ4v) is 2.79. The second kappa shape index (κ2) is 7.70. The van der Waals surface area contributed by atoms with Crippen molar-refractivity contribution in [2.24, 2.45) is 4.99 Å². The average Bonchev–Trinajstić information content (AvgIpc) is 3.01. The monoisotopic (exact) mass is 342 g/mol. The van der Waals surface area contributed by atoms with Crippen LogP contribution in [0.5, 0.6) is 0 Å². The Hall–Kier alpha value is -3.34. The van der Waals surface area contributed by atoms with Crippen LogP contribution in [0, 0.1) is 0 Å². The highest BCUT2D eigenvalue weighted by atomic mass is 16.5. The van der Waals surface area contributed by atoms with E-state index in [1.807, 2.05) is 42.8 Å². The first kappa shape index (κ1) is 16.1. The van der Waals surface area contributed by atoms with Crippen LogP contribution in [0.3, 0.4) is 0 Å². The Morgan fingerprint density at radius 3 is 2.96 bits per heavy atom. The Balaban J connectivity index is 1.55. The molecule has 0 N–H and O–H groups in total. The third kappa shape index (κ3) is 3.67. The van der Waals surface area contributed by atoms with E-state index >= 15 is 0 Å². The minimum Gasteiger partial charge on any atom is -0.332 e. The maximum Gasteiger partial charge on any atom is 0.276 e. The molecule has 0 saturated carbocycles. The lowest BCUT2D eigenvalue weighted by Gasteiger charge is -2.04. The van der Waals surface area contributed by atoms with Crippen molar-refractivity contribution in [1.29, 1.82) is 0 Å². The second-order valence-electron chi connectivity index (χ2n) is 5.95. The molecule has 128 valence electrons. The van der Waals surface area contributed by atoms with Crippen LogP contribution in [0.2, 0.25) is 0 Å². The molecule has 0 radical (unpaired) electrons. The van der Waals surface area contributed by atoms with Crippen molar-refractivity contribution >= 4 is 11.8 Å². The molecule has 1 aliphatic heterocycles. The molecule has 5 nitrogen and oxygen atoms in total. The van der Waals surface area contributed by atoms with Gasteiger partial charge in [0.1, 0.15) is 5.69 Å². The van der Waals surface area contributed by atoms with Gasteiger partial charge in [-0.05, 0) is 42.5 Å². The minimum absolute atomic E-state index is 0.431. The molecule has 0 spiro atoms. The quantitative estimate of drug-likeness (QED) is 0.810. The molecule has 4 rings (SSSR count). The Kier molecular flexibility index (Phi) is 4.78. The van der Waals surface area contributed by atoms with Crippen molar-refractivity contribution in [1.82, 2.24) is 15.1 Å². The van der Waals surface area contributed by atoms with E-state index < -0.39 is 0 Å². The third-order valence-corrected chi connectivity index (χ3v) is 4.15. The molecule has 5 heteroatoms. The van der Waals surface area contributed by atoms with E-state index in [9.17, 15) is 0 Å². The van der Waals surface area contributed by atoms with Crippen LogP contribution in [-0.2, 0) is 0 Å². The Bertz CT molecular complexity index is 959. The van der Waals surface area contributed by atoms with Crippen LogP contribution in [0.15, 0.2) is 87.7 Å². The molecule has 26 heavy (non-hydrogen) atoms. The topological polar surface area (TPSA) is 64.2 Å². The highest BCUT2D eigenvalue weighted by Gasteiger charge is 2.14. The molecule has 0 bridgehead atoms. The van der Waals surface area contributed by atoms with Gasteiger partial charge in [0.15, 0.2) is 5.82 Å². The molecule has 0 unspecified atom stereocenters. The van der Waals surface area contributed by atoms with Crippen LogP contribution in [-0.4, -0.2) is 21.3 Å². The fraction of sp³-hybridized carbons (Fsp3) is 0.143. The predicted octanol–water partition coefficient (Wildman–Crippen LogP) is 4.71. The van der Waals surface area contributed by atoms with E-state index in [-0.39, 0.29) is 0 Å². The number of aliphatic imine (C=N–C) groups is 1. The van der Waals surface area contributed by atoms with E-state index in [2.05, 4.69) is 44.4 Å². The van der Waals surface area contributed by atoms with Crippen molar-refractivity contribution < 1.29 is 4.52 Å². The lowest BCUT2D eigenvalue weighted by atomic mass is 10.0. The number of hydrogen-bond acceptors (Lipinski definition) is 5. The zero-order valence-corrected chi connectivity index (χ0v) is 14.2. The van der Waals surface area contributed by atoms with E-state index in [0.717, 1.165) is 36.0 Å². The highest BCUT2D eigenvalue weighted by molar-refractivity contribution is 5.87. The normalized spacial score (nSPS) is 21.5. The van der Waals surface area contributed by atoms with Gasteiger partial charge in [0, 0.05) is 24.2 Å². The first-order chi connectivity index (χ1) is 12.9. The molecule has 0 saturated heterocycles. The molecule has 0 aromatic carbocycles. The van der Waals surface area contributed by atoms with E-state index in [4.69, 9.17) is 4.52 Å². The molecule has 0 amide bonds. The molecule has 1 aliphatic carbocycles. The molecular formula is C21H18N4O. The minimum atomic E-state index is 0.431. The van der Waals surface area contributed by atoms with Crippen LogP contribution in [0.4, 0.5) is 0 Å². The fourth-order valence-electron chi connectivity index (χ4n) is 2.79. The summed E-state index contributed by atoms with van der Waals surface area (Å²) < 4.78 is 5.37. The SMILES string of the molecule is C1=CC(C2=C/CC\C=C/N=C\2)=CCC(c2noc(-c3ccccn3)n2)=C1. The van der Waals surface area contributed by atoms with Gasteiger partial charge in [-0.25, -0.2) is 0 Å². The molecule has 0 atom stereocenters. The molecule has 2 aromatic heterocycles. The number of pyridine rings is 1. The standard InChI is InChI=1S/C21H18N4O/c1-2-7-18(15-22-13-4-1)16-8-6-9-17(12-11-16)20-24-21(26-25-20)19-10-3-5-14-23-19/h3-11,13-15H,1-2,12H2/b13-4-,18-7+,22-15-. The van der Waals surface area contributed by atoms with Crippen LogP contribution < -0.4 is 0 Å². The Morgan fingerprint density at radius 1 is 1.04 bits per heavy atom. The van der Waals surface area contributed by atoms with Gasteiger partial charge in [-0.1, -0.05) is 47.7 Å². The van der Waals surface area contributed by atoms with Crippen molar-refractivity contribution in [3.05, 3.63) is 84.0 Å². The number of hydrogen-bond donors (Lipinski definition) is 0. The van der Waals surface area contributed by atoms with E-state index in [1.54, 1.807) is 6.20 Å². The lowest BCUT2D eigenvalue weighted by Crippen LogP contribution is -1.91. The van der Waals surface area contributed by atoms with Crippen molar-refractivity contribution in [3.8, 4) is 11.6 Å². The summed E-state index contributed by atoms with van der Waals surface area (Å²) in [7, 11) is 0. The molecule has 0 fully saturated rings. The average molecular weight is 342 g/mol. The van der Waals surface area contributed by atoms with Gasteiger partial charge in [0.2, 0.25) is 0 Å². The molecule has 2 aliphatic rings. The van der Waals surface area contributed by atoms with Gasteiger partial charge in [-0.3, -0.25) is 9.98 Å². The maximum atomic E-state index is 5.37. The maximum absolute atomic E-state index is 5.37. The molecule has 3 heterocycles. The van der Waals surface area contributed by atoms with E-state index in [0.29, 0.717) is 17.4 Å². The number of rotatable bonds is 3. The van der Waals surface area contributed by atoms with E-state index in [1.165, 1.54) is 0 Å². The summed E-state index contributed by atoms with van der Waals surface area (Å²) >= 11 is 0. The number of aromatic nitrogens is 3. The first-order valence-electron chi connectivity index (χ1n) is 8.62. The van der Waals surface area contributed by atoms with Crippen LogP contribution in [0.1, 0.15) is 25.1 Å². The Labute approximate surface area is 151 Å². The van der Waals surface area contributed by atoms with Gasteiger partial charge >= 0.3 is 0 Å². The van der Waals surface area contributed by atoms with Crippen molar-refractivity contribution in [2.45, 2.75) is 19.3 Å². The summed E-state index contributed by atoms with van der Waals surface area (Å²) in [5.74, 6) is 1.02.